The second kappa shape index (κ2) is 35.8. The van der Waals surface area contributed by atoms with E-state index < -0.39 is 11.2 Å². The second-order valence-corrected chi connectivity index (χ2v) is 26.1. The van der Waals surface area contributed by atoms with Crippen molar-refractivity contribution in [2.75, 3.05) is 32.7 Å². The van der Waals surface area contributed by atoms with Gasteiger partial charge in [0.15, 0.2) is 0 Å². The quantitative estimate of drug-likeness (QED) is 0.0218. The third kappa shape index (κ3) is 26.4. The highest BCUT2D eigenvalue weighted by Gasteiger charge is 2.58. The van der Waals surface area contributed by atoms with Gasteiger partial charge in [-0.2, -0.15) is 0 Å². The molecule has 9 N–H and O–H groups in total. The predicted molar refractivity (Wildman–Crippen MR) is 315 cm³/mol. The van der Waals surface area contributed by atoms with Crippen molar-refractivity contribution in [3.8, 4) is 0 Å². The molecule has 0 saturated carbocycles. The normalized spacial score (nSPS) is 19.2. The highest BCUT2D eigenvalue weighted by Crippen LogP contribution is 2.35. The zero-order valence-corrected chi connectivity index (χ0v) is 51.9. The molecule has 0 heterocycles. The molecule has 9 nitrogen and oxygen atoms in total. The summed E-state index contributed by atoms with van der Waals surface area (Å²) in [5.41, 5.74) is -1.39. The first-order valence-electron chi connectivity index (χ1n) is 30.3. The van der Waals surface area contributed by atoms with Crippen LogP contribution in [0.1, 0.15) is 256 Å². The maximum absolute atomic E-state index is 4.65. The summed E-state index contributed by atoms with van der Waals surface area (Å²) >= 11 is 0. The molecular weight excluding hydrogens is 859 g/mol. The third-order valence-corrected chi connectivity index (χ3v) is 16.6. The average Bonchev–Trinajstić information content (AvgIpc) is 3.27. The summed E-state index contributed by atoms with van der Waals surface area (Å²) in [6, 6.07) is 2.59. The van der Waals surface area contributed by atoms with Gasteiger partial charge < -0.3 is 37.2 Å². The number of nitrogens with one attached hydrogen (secondary N) is 9. The van der Waals surface area contributed by atoms with Crippen molar-refractivity contribution < 1.29 is 0 Å². The van der Waals surface area contributed by atoms with Crippen LogP contribution in [-0.4, -0.2) is 97.3 Å². The van der Waals surface area contributed by atoms with E-state index in [0.29, 0.717) is 53.6 Å². The van der Waals surface area contributed by atoms with Crippen LogP contribution in [-0.2, 0) is 0 Å². The van der Waals surface area contributed by atoms with Crippen molar-refractivity contribution in [3.63, 3.8) is 0 Å². The van der Waals surface area contributed by atoms with Gasteiger partial charge in [-0.05, 0) is 169 Å². The summed E-state index contributed by atoms with van der Waals surface area (Å²) in [7, 11) is 0. The van der Waals surface area contributed by atoms with Gasteiger partial charge in [0.25, 0.3) is 0 Å². The Morgan fingerprint density at radius 1 is 0.557 bits per heavy atom. The minimum absolute atomic E-state index is 0.00992. The zero-order chi connectivity index (χ0) is 53.9. The summed E-state index contributed by atoms with van der Waals surface area (Å²) in [6.07, 6.45) is 16.0. The summed E-state index contributed by atoms with van der Waals surface area (Å²) in [4.78, 5) is 0. The van der Waals surface area contributed by atoms with E-state index in [-0.39, 0.29) is 35.2 Å². The molecule has 0 aliphatic carbocycles. The van der Waals surface area contributed by atoms with Gasteiger partial charge in [0.05, 0.1) is 17.2 Å². The Hall–Kier alpha value is -0.360. The minimum atomic E-state index is -0.584. The van der Waals surface area contributed by atoms with Gasteiger partial charge in [0, 0.05) is 66.5 Å². The Labute approximate surface area is 441 Å². The minimum Gasteiger partial charge on any atom is -0.312 e. The number of hydrogen-bond acceptors (Lipinski definition) is 9. The predicted octanol–water partition coefficient (Wildman–Crippen LogP) is 13.0. The van der Waals surface area contributed by atoms with E-state index in [1.807, 2.05) is 0 Å². The van der Waals surface area contributed by atoms with Crippen molar-refractivity contribution in [3.05, 3.63) is 6.04 Å². The lowest BCUT2D eigenvalue weighted by atomic mass is 9.70. The van der Waals surface area contributed by atoms with Gasteiger partial charge in [0.2, 0.25) is 0 Å². The smallest absolute Gasteiger partial charge is 0.0880 e. The maximum atomic E-state index is 4.65. The van der Waals surface area contributed by atoms with Crippen molar-refractivity contribution in [2.45, 2.75) is 321 Å². The first-order chi connectivity index (χ1) is 32.6. The maximum Gasteiger partial charge on any atom is 0.0880 e. The number of unbranched alkanes of at least 4 members (excludes halogenated alkanes) is 1. The molecule has 0 bridgehead atoms. The largest absolute Gasteiger partial charge is 0.312 e. The molecule has 0 rings (SSSR count). The van der Waals surface area contributed by atoms with Crippen LogP contribution in [0.4, 0.5) is 0 Å². The molecule has 0 aromatic carbocycles. The molecule has 0 fully saturated rings. The molecular formula is C61H132N9. The Morgan fingerprint density at radius 2 is 1.21 bits per heavy atom. The Balaban J connectivity index is 9.52. The molecule has 0 aromatic rings. The summed E-state index contributed by atoms with van der Waals surface area (Å²) in [6.45, 7) is 62.2. The zero-order valence-electron chi connectivity index (χ0n) is 51.9. The van der Waals surface area contributed by atoms with Crippen LogP contribution in [0, 0.1) is 41.5 Å². The fraction of sp³-hybridized carbons (Fsp3) is 0.984. The van der Waals surface area contributed by atoms with E-state index in [0.717, 1.165) is 84.1 Å². The van der Waals surface area contributed by atoms with Gasteiger partial charge in [-0.1, -0.05) is 142 Å². The molecule has 1 radical (unpaired) electrons. The lowest BCUT2D eigenvalue weighted by Crippen LogP contribution is -2.88. The standard InChI is InChI=1S/C61H132N9/c1-25-31-35-50(16)67-55(54(69-58(20,21)30-6)42-63-52(18)46(11)12)56(64-41-48(14)33-26-2)57(62-39-36-47(13)28-4)61(66-38-32-34-44(7)8,43-65-51(17)40-45(9)10)60(24,68-53(19)49(15)29-5)70-59(22,23)37-27-3/h44-53,55-57,62-70H,25-43H2,1-24H3. The van der Waals surface area contributed by atoms with E-state index in [2.05, 4.69) is 214 Å². The molecule has 0 amide bonds. The summed E-state index contributed by atoms with van der Waals surface area (Å²) in [5.74, 6) is 3.40. The van der Waals surface area contributed by atoms with Crippen LogP contribution in [0.25, 0.3) is 0 Å². The monoisotopic (exact) mass is 991 g/mol. The third-order valence-electron chi connectivity index (χ3n) is 16.6. The van der Waals surface area contributed by atoms with Crippen molar-refractivity contribution in [2.24, 2.45) is 35.5 Å². The highest BCUT2D eigenvalue weighted by molar-refractivity contribution is 5.24. The van der Waals surface area contributed by atoms with E-state index in [1.54, 1.807) is 0 Å². The summed E-state index contributed by atoms with van der Waals surface area (Å²) in [5, 5.41) is 40.2. The molecule has 12 unspecified atom stereocenters. The fourth-order valence-electron chi connectivity index (χ4n) is 10.7. The molecule has 9 heteroatoms. The van der Waals surface area contributed by atoms with E-state index in [1.165, 1.54) is 44.6 Å². The van der Waals surface area contributed by atoms with Crippen LogP contribution in [0.2, 0.25) is 0 Å². The summed E-state index contributed by atoms with van der Waals surface area (Å²) < 4.78 is 0. The van der Waals surface area contributed by atoms with Crippen LogP contribution < -0.4 is 47.9 Å². The molecule has 12 atom stereocenters. The molecule has 0 aliphatic heterocycles. The second-order valence-electron chi connectivity index (χ2n) is 26.1. The topological polar surface area (TPSA) is 108 Å². The first kappa shape index (κ1) is 69.6. The molecule has 0 aromatic heterocycles. The van der Waals surface area contributed by atoms with Gasteiger partial charge in [-0.15, -0.1) is 0 Å². The number of rotatable bonds is 45. The molecule has 0 spiro atoms. The molecule has 0 saturated heterocycles. The lowest BCUT2D eigenvalue weighted by molar-refractivity contribution is 0.00868. The Morgan fingerprint density at radius 3 is 1.74 bits per heavy atom. The Bertz CT molecular complexity index is 1260. The van der Waals surface area contributed by atoms with Gasteiger partial charge in [-0.25, -0.2) is 0 Å². The first-order valence-corrected chi connectivity index (χ1v) is 30.3. The van der Waals surface area contributed by atoms with Crippen molar-refractivity contribution >= 4 is 0 Å². The number of hydrogen-bond donors (Lipinski definition) is 9. The molecule has 0 aliphatic rings. The van der Waals surface area contributed by atoms with Crippen molar-refractivity contribution in [1.82, 2.24) is 47.9 Å². The van der Waals surface area contributed by atoms with Gasteiger partial charge >= 0.3 is 0 Å². The van der Waals surface area contributed by atoms with Crippen LogP contribution in [0.5, 0.6) is 0 Å². The van der Waals surface area contributed by atoms with E-state index >= 15 is 0 Å². The lowest BCUT2D eigenvalue weighted by Gasteiger charge is -2.60. The van der Waals surface area contributed by atoms with Crippen LogP contribution >= 0.6 is 0 Å². The highest BCUT2D eigenvalue weighted by atomic mass is 15.3. The Kier molecular flexibility index (Phi) is 35.6. The van der Waals surface area contributed by atoms with Gasteiger partial charge in [-0.3, -0.25) is 10.6 Å². The molecule has 421 valence electrons. The van der Waals surface area contributed by atoms with Crippen molar-refractivity contribution in [1.29, 1.82) is 0 Å². The van der Waals surface area contributed by atoms with E-state index in [9.17, 15) is 0 Å². The average molecular weight is 992 g/mol. The SMILES string of the molecule is CCCCC(C)NC([C](CNC(C)C(C)C)NC(C)(C)CC)C(NCC(C)CCC)C(NCCC(C)CC)C(CNC(C)CC(C)C)(NCCCC(C)C)C(C)(NC(C)C(C)CC)NC(C)(C)CCC. The fourth-order valence-corrected chi connectivity index (χ4v) is 10.7. The van der Waals surface area contributed by atoms with Crippen LogP contribution in [0.15, 0.2) is 0 Å². The molecule has 70 heavy (non-hydrogen) atoms. The van der Waals surface area contributed by atoms with E-state index in [4.69, 9.17) is 0 Å². The van der Waals surface area contributed by atoms with Crippen LogP contribution in [0.3, 0.4) is 0 Å². The van der Waals surface area contributed by atoms with Gasteiger partial charge in [0.1, 0.15) is 0 Å².